The summed E-state index contributed by atoms with van der Waals surface area (Å²) in [4.78, 5) is 0. The fourth-order valence-corrected chi connectivity index (χ4v) is 1.89. The van der Waals surface area contributed by atoms with Gasteiger partial charge in [-0.25, -0.2) is 0 Å². The van der Waals surface area contributed by atoms with E-state index in [0.717, 1.165) is 21.3 Å². The maximum absolute atomic E-state index is 4.09. The molecule has 0 unspecified atom stereocenters. The Bertz CT molecular complexity index is 419. The molecule has 0 radical (unpaired) electrons. The highest BCUT2D eigenvalue weighted by atomic mass is 32.1. The lowest BCUT2D eigenvalue weighted by atomic mass is 10.2. The number of rotatable bonds is 2. The molecule has 0 fully saturated rings. The van der Waals surface area contributed by atoms with Crippen molar-refractivity contribution in [2.75, 3.05) is 12.4 Å². The third kappa shape index (κ3) is 1.75. The topological polar surface area (TPSA) is 37.8 Å². The number of hydrogen-bond donors (Lipinski definition) is 1. The fourth-order valence-electron chi connectivity index (χ4n) is 1.19. The molecule has 0 saturated heterocycles. The standard InChI is InChI=1S/C10H11N3S/c1-7-12-13-10(14-7)8-3-5-9(11-2)6-4-8/h3-6,11H,1-2H3. The number of anilines is 1. The molecule has 1 heterocycles. The Kier molecular flexibility index (Phi) is 2.45. The molecule has 0 atom stereocenters. The number of nitrogens with zero attached hydrogens (tertiary/aromatic N) is 2. The number of aryl methyl sites for hydroxylation is 1. The summed E-state index contributed by atoms with van der Waals surface area (Å²) in [5.74, 6) is 0. The number of nitrogens with one attached hydrogen (secondary N) is 1. The van der Waals surface area contributed by atoms with Crippen LogP contribution in [0.4, 0.5) is 5.69 Å². The van der Waals surface area contributed by atoms with Gasteiger partial charge in [-0.15, -0.1) is 10.2 Å². The summed E-state index contributed by atoms with van der Waals surface area (Å²) < 4.78 is 0. The van der Waals surface area contributed by atoms with Crippen LogP contribution in [-0.2, 0) is 0 Å². The minimum Gasteiger partial charge on any atom is -0.388 e. The van der Waals surface area contributed by atoms with Gasteiger partial charge in [-0.2, -0.15) is 0 Å². The Morgan fingerprint density at radius 1 is 1.14 bits per heavy atom. The van der Waals surface area contributed by atoms with Crippen molar-refractivity contribution in [3.63, 3.8) is 0 Å². The van der Waals surface area contributed by atoms with E-state index in [9.17, 15) is 0 Å². The molecular formula is C10H11N3S. The molecule has 0 spiro atoms. The van der Waals surface area contributed by atoms with E-state index in [1.807, 2.05) is 38.2 Å². The van der Waals surface area contributed by atoms with Crippen molar-refractivity contribution >= 4 is 17.0 Å². The molecule has 2 rings (SSSR count). The van der Waals surface area contributed by atoms with Gasteiger partial charge in [-0.1, -0.05) is 11.3 Å². The van der Waals surface area contributed by atoms with E-state index in [-0.39, 0.29) is 0 Å². The lowest BCUT2D eigenvalue weighted by Gasteiger charge is -1.99. The summed E-state index contributed by atoms with van der Waals surface area (Å²) >= 11 is 1.61. The Morgan fingerprint density at radius 3 is 2.36 bits per heavy atom. The molecule has 0 bridgehead atoms. The third-order valence-electron chi connectivity index (χ3n) is 1.95. The van der Waals surface area contributed by atoms with Crippen LogP contribution in [-0.4, -0.2) is 17.2 Å². The summed E-state index contributed by atoms with van der Waals surface area (Å²) in [7, 11) is 1.91. The van der Waals surface area contributed by atoms with Gasteiger partial charge >= 0.3 is 0 Å². The van der Waals surface area contributed by atoms with Crippen molar-refractivity contribution in [3.05, 3.63) is 29.3 Å². The van der Waals surface area contributed by atoms with E-state index in [4.69, 9.17) is 0 Å². The molecule has 2 aromatic rings. The predicted octanol–water partition coefficient (Wildman–Crippen LogP) is 2.56. The maximum atomic E-state index is 4.09. The number of benzene rings is 1. The first-order chi connectivity index (χ1) is 6.79. The summed E-state index contributed by atoms with van der Waals surface area (Å²) in [6.07, 6.45) is 0. The van der Waals surface area contributed by atoms with Gasteiger partial charge in [0.25, 0.3) is 0 Å². The SMILES string of the molecule is CNc1ccc(-c2nnc(C)s2)cc1. The predicted molar refractivity (Wildman–Crippen MR) is 59.6 cm³/mol. The Labute approximate surface area is 86.8 Å². The number of hydrogen-bond acceptors (Lipinski definition) is 4. The maximum Gasteiger partial charge on any atom is 0.147 e. The van der Waals surface area contributed by atoms with E-state index in [1.54, 1.807) is 11.3 Å². The highest BCUT2D eigenvalue weighted by molar-refractivity contribution is 7.14. The summed E-state index contributed by atoms with van der Waals surface area (Å²) in [5.41, 5.74) is 2.23. The molecule has 4 heteroatoms. The zero-order chi connectivity index (χ0) is 9.97. The lowest BCUT2D eigenvalue weighted by molar-refractivity contribution is 1.05. The van der Waals surface area contributed by atoms with Crippen LogP contribution in [0, 0.1) is 6.92 Å². The van der Waals surface area contributed by atoms with Gasteiger partial charge in [0, 0.05) is 18.3 Å². The minimum atomic E-state index is 0.977. The largest absolute Gasteiger partial charge is 0.388 e. The van der Waals surface area contributed by atoms with Gasteiger partial charge in [-0.05, 0) is 31.2 Å². The van der Waals surface area contributed by atoms with Crippen molar-refractivity contribution in [1.82, 2.24) is 10.2 Å². The van der Waals surface area contributed by atoms with E-state index in [1.165, 1.54) is 0 Å². The third-order valence-corrected chi connectivity index (χ3v) is 2.83. The zero-order valence-electron chi connectivity index (χ0n) is 8.11. The van der Waals surface area contributed by atoms with E-state index in [0.29, 0.717) is 0 Å². The normalized spacial score (nSPS) is 10.1. The molecule has 14 heavy (non-hydrogen) atoms. The molecule has 1 aromatic heterocycles. The quantitative estimate of drug-likeness (QED) is 0.818. The van der Waals surface area contributed by atoms with Crippen LogP contribution in [0.15, 0.2) is 24.3 Å². The van der Waals surface area contributed by atoms with Crippen LogP contribution >= 0.6 is 11.3 Å². The molecule has 1 N–H and O–H groups in total. The summed E-state index contributed by atoms with van der Waals surface area (Å²) in [5, 5.41) is 13.1. The van der Waals surface area contributed by atoms with Crippen molar-refractivity contribution in [2.45, 2.75) is 6.92 Å². The van der Waals surface area contributed by atoms with E-state index < -0.39 is 0 Å². The van der Waals surface area contributed by atoms with Gasteiger partial charge in [0.2, 0.25) is 0 Å². The molecular weight excluding hydrogens is 194 g/mol. The van der Waals surface area contributed by atoms with Crippen molar-refractivity contribution in [2.24, 2.45) is 0 Å². The molecule has 72 valence electrons. The highest BCUT2D eigenvalue weighted by Crippen LogP contribution is 2.24. The second kappa shape index (κ2) is 3.75. The zero-order valence-corrected chi connectivity index (χ0v) is 8.93. The van der Waals surface area contributed by atoms with Crippen LogP contribution in [0.2, 0.25) is 0 Å². The first-order valence-corrected chi connectivity index (χ1v) is 5.19. The molecule has 0 aliphatic rings. The van der Waals surface area contributed by atoms with Gasteiger partial charge < -0.3 is 5.32 Å². The van der Waals surface area contributed by atoms with Gasteiger partial charge in [0.05, 0.1) is 0 Å². The Balaban J connectivity index is 2.33. The second-order valence-corrected chi connectivity index (χ2v) is 4.14. The van der Waals surface area contributed by atoms with Gasteiger partial charge in [0.15, 0.2) is 0 Å². The molecule has 3 nitrogen and oxygen atoms in total. The van der Waals surface area contributed by atoms with Crippen LogP contribution in [0.3, 0.4) is 0 Å². The van der Waals surface area contributed by atoms with Crippen molar-refractivity contribution < 1.29 is 0 Å². The number of aromatic nitrogens is 2. The Morgan fingerprint density at radius 2 is 1.86 bits per heavy atom. The molecule has 0 saturated carbocycles. The van der Waals surface area contributed by atoms with Gasteiger partial charge in [0.1, 0.15) is 10.0 Å². The van der Waals surface area contributed by atoms with E-state index >= 15 is 0 Å². The summed E-state index contributed by atoms with van der Waals surface area (Å²) in [6.45, 7) is 1.96. The monoisotopic (exact) mass is 205 g/mol. The fraction of sp³-hybridized carbons (Fsp3) is 0.200. The molecule has 0 aliphatic carbocycles. The molecule has 0 aliphatic heterocycles. The van der Waals surface area contributed by atoms with Crippen LogP contribution < -0.4 is 5.32 Å². The van der Waals surface area contributed by atoms with Crippen LogP contribution in [0.1, 0.15) is 5.01 Å². The highest BCUT2D eigenvalue weighted by Gasteiger charge is 2.02. The van der Waals surface area contributed by atoms with E-state index in [2.05, 4.69) is 15.5 Å². The average Bonchev–Trinajstić information content (AvgIpc) is 2.65. The second-order valence-electron chi connectivity index (χ2n) is 2.95. The Hall–Kier alpha value is -1.42. The van der Waals surface area contributed by atoms with Crippen LogP contribution in [0.5, 0.6) is 0 Å². The van der Waals surface area contributed by atoms with Gasteiger partial charge in [-0.3, -0.25) is 0 Å². The first-order valence-electron chi connectivity index (χ1n) is 4.38. The van der Waals surface area contributed by atoms with Crippen molar-refractivity contribution in [3.8, 4) is 10.6 Å². The first kappa shape index (κ1) is 9.15. The van der Waals surface area contributed by atoms with Crippen molar-refractivity contribution in [1.29, 1.82) is 0 Å². The molecule has 0 amide bonds. The molecule has 1 aromatic carbocycles. The average molecular weight is 205 g/mol. The smallest absolute Gasteiger partial charge is 0.147 e. The minimum absolute atomic E-state index is 0.977. The van der Waals surface area contributed by atoms with Crippen LogP contribution in [0.25, 0.3) is 10.6 Å². The lowest BCUT2D eigenvalue weighted by Crippen LogP contribution is -1.86. The summed E-state index contributed by atoms with van der Waals surface area (Å²) in [6, 6.07) is 8.16.